The van der Waals surface area contributed by atoms with Crippen LogP contribution in [-0.4, -0.2) is 32.1 Å². The highest BCUT2D eigenvalue weighted by molar-refractivity contribution is 5.92. The number of carbonyl (C=O) groups excluding carboxylic acids is 2. The van der Waals surface area contributed by atoms with Gasteiger partial charge in [0.25, 0.3) is 0 Å². The number of aromatic hydroxyl groups is 2. The van der Waals surface area contributed by atoms with Crippen LogP contribution in [0.5, 0.6) is 23.0 Å². The van der Waals surface area contributed by atoms with Gasteiger partial charge in [0.2, 0.25) is 0 Å². The van der Waals surface area contributed by atoms with E-state index in [1.807, 2.05) is 48.5 Å². The van der Waals surface area contributed by atoms with Crippen LogP contribution in [0.4, 0.5) is 22.7 Å². The van der Waals surface area contributed by atoms with Crippen molar-refractivity contribution >= 4 is 34.7 Å². The van der Waals surface area contributed by atoms with Crippen molar-refractivity contribution in [2.45, 2.75) is 25.7 Å². The van der Waals surface area contributed by atoms with Crippen molar-refractivity contribution in [1.82, 2.24) is 9.97 Å². The number of rotatable bonds is 8. The molecule has 2 aromatic heterocycles. The number of nitrogens with zero attached hydrogens (tertiary/aromatic N) is 6. The minimum absolute atomic E-state index is 0.0153. The normalized spacial score (nSPS) is 12.2. The molecule has 12 heteroatoms. The summed E-state index contributed by atoms with van der Waals surface area (Å²) in [6.45, 7) is 0. The molecule has 8 aromatic rings. The maximum Gasteiger partial charge on any atom is 0.343 e. The summed E-state index contributed by atoms with van der Waals surface area (Å²) in [7, 11) is 0. The first-order chi connectivity index (χ1) is 31.3. The first-order valence-electron chi connectivity index (χ1n) is 20.4. The zero-order chi connectivity index (χ0) is 43.8. The van der Waals surface area contributed by atoms with Crippen molar-refractivity contribution in [2.24, 2.45) is 20.5 Å². The summed E-state index contributed by atoms with van der Waals surface area (Å²) >= 11 is 0. The van der Waals surface area contributed by atoms with Crippen LogP contribution in [0.3, 0.4) is 0 Å². The molecule has 0 aliphatic heterocycles. The fourth-order valence-corrected chi connectivity index (χ4v) is 7.56. The topological polar surface area (TPSA) is 168 Å². The van der Waals surface area contributed by atoms with Crippen LogP contribution < -0.4 is 9.47 Å². The molecule has 312 valence electrons. The Labute approximate surface area is 367 Å². The van der Waals surface area contributed by atoms with Gasteiger partial charge >= 0.3 is 11.9 Å². The van der Waals surface area contributed by atoms with Crippen LogP contribution in [0.15, 0.2) is 191 Å². The Morgan fingerprint density at radius 2 is 0.703 bits per heavy atom. The summed E-state index contributed by atoms with van der Waals surface area (Å²) in [5.41, 5.74) is 7.03. The Morgan fingerprint density at radius 3 is 1.03 bits per heavy atom. The number of benzene rings is 6. The molecular formula is C52H38N6O6. The van der Waals surface area contributed by atoms with Crippen molar-refractivity contribution in [3.8, 4) is 23.0 Å². The van der Waals surface area contributed by atoms with Gasteiger partial charge < -0.3 is 19.7 Å². The van der Waals surface area contributed by atoms with E-state index in [0.29, 0.717) is 78.4 Å². The Kier molecular flexibility index (Phi) is 11.8. The van der Waals surface area contributed by atoms with Gasteiger partial charge in [-0.25, -0.2) is 9.59 Å². The third-order valence-corrected chi connectivity index (χ3v) is 10.7. The Morgan fingerprint density at radius 1 is 0.391 bits per heavy atom. The molecule has 0 amide bonds. The van der Waals surface area contributed by atoms with Crippen LogP contribution >= 0.6 is 0 Å². The summed E-state index contributed by atoms with van der Waals surface area (Å²) < 4.78 is 12.6. The van der Waals surface area contributed by atoms with E-state index >= 15 is 0 Å². The molecular weight excluding hydrogens is 805 g/mol. The summed E-state index contributed by atoms with van der Waals surface area (Å²) in [6.07, 6.45) is 6.92. The van der Waals surface area contributed by atoms with Gasteiger partial charge in [-0.1, -0.05) is 72.8 Å². The lowest BCUT2D eigenvalue weighted by Gasteiger charge is -2.20. The van der Waals surface area contributed by atoms with Gasteiger partial charge in [0.15, 0.2) is 0 Å². The van der Waals surface area contributed by atoms with Crippen molar-refractivity contribution in [1.29, 1.82) is 0 Å². The highest BCUT2D eigenvalue weighted by Gasteiger charge is 2.24. The quantitative estimate of drug-likeness (QED) is 0.0865. The lowest BCUT2D eigenvalue weighted by atomic mass is 9.91. The van der Waals surface area contributed by atoms with Gasteiger partial charge in [-0.05, 0) is 95.1 Å². The monoisotopic (exact) mass is 842 g/mol. The molecule has 6 aromatic carbocycles. The van der Waals surface area contributed by atoms with Gasteiger partial charge in [-0.15, -0.1) is 0 Å². The number of fused-ring (bicyclic) bond motifs is 8. The molecule has 0 saturated heterocycles. The van der Waals surface area contributed by atoms with E-state index in [9.17, 15) is 19.8 Å². The Balaban J connectivity index is 1.24. The van der Waals surface area contributed by atoms with E-state index in [1.165, 1.54) is 0 Å². The number of azo groups is 2. The molecule has 0 fully saturated rings. The third-order valence-electron chi connectivity index (χ3n) is 10.7. The number of phenols is 2. The second-order valence-corrected chi connectivity index (χ2v) is 15.1. The van der Waals surface area contributed by atoms with Crippen LogP contribution in [0.2, 0.25) is 0 Å². The van der Waals surface area contributed by atoms with Gasteiger partial charge in [0.1, 0.15) is 23.0 Å². The number of hydrogen-bond donors (Lipinski definition) is 2. The lowest BCUT2D eigenvalue weighted by Crippen LogP contribution is -2.13. The molecule has 64 heavy (non-hydrogen) atoms. The minimum Gasteiger partial charge on any atom is -0.507 e. The minimum atomic E-state index is -0.575. The highest BCUT2D eigenvalue weighted by Crippen LogP contribution is 2.41. The largest absolute Gasteiger partial charge is 0.507 e. The molecule has 0 unspecified atom stereocenters. The number of esters is 2. The maximum atomic E-state index is 13.8. The fourth-order valence-electron chi connectivity index (χ4n) is 7.56. The van der Waals surface area contributed by atoms with E-state index in [-0.39, 0.29) is 48.7 Å². The van der Waals surface area contributed by atoms with Crippen LogP contribution in [0, 0.1) is 0 Å². The Hall–Kier alpha value is -8.64. The molecule has 1 aliphatic rings. The van der Waals surface area contributed by atoms with E-state index in [2.05, 4.69) is 30.4 Å². The van der Waals surface area contributed by atoms with Gasteiger partial charge in [-0.2, -0.15) is 20.5 Å². The molecule has 0 atom stereocenters. The molecule has 12 nitrogen and oxygen atoms in total. The zero-order valence-corrected chi connectivity index (χ0v) is 34.2. The molecule has 2 heterocycles. The van der Waals surface area contributed by atoms with Crippen LogP contribution in [-0.2, 0) is 25.7 Å². The molecule has 0 spiro atoms. The summed E-state index contributed by atoms with van der Waals surface area (Å²) in [5, 5.41) is 42.4. The average molecular weight is 843 g/mol. The number of carbonyl (C=O) groups is 2. The highest BCUT2D eigenvalue weighted by atomic mass is 16.5. The first-order valence-corrected chi connectivity index (χ1v) is 20.4. The molecule has 0 saturated carbocycles. The molecule has 8 bridgehead atoms. The van der Waals surface area contributed by atoms with E-state index in [0.717, 1.165) is 0 Å². The van der Waals surface area contributed by atoms with Crippen molar-refractivity contribution in [3.63, 3.8) is 0 Å². The maximum absolute atomic E-state index is 13.8. The van der Waals surface area contributed by atoms with Crippen LogP contribution in [0.1, 0.15) is 65.2 Å². The fraction of sp³-hybridized carbons (Fsp3) is 0.0769. The second-order valence-electron chi connectivity index (χ2n) is 15.1. The van der Waals surface area contributed by atoms with E-state index < -0.39 is 11.9 Å². The standard InChI is InChI=1S/C52H38N6O6/c59-47-39-25-35-13-7-14-36(49(35)63-51(61)33-9-3-1-4-10-33)26-40-30-46(58-56-44-19-23-54-24-20-44)32-42(48(40)60)28-38-16-8-15-37(50(38)64-52(62)34-11-5-2-6-12-34)27-41(47)31-45(29-39)57-55-43-17-21-53-22-18-43/h1-24,29-32,59-60H,25-28H2. The lowest BCUT2D eigenvalue weighted by molar-refractivity contribution is 0.0722. The molecule has 2 N–H and O–H groups in total. The van der Waals surface area contributed by atoms with Gasteiger partial charge in [-0.3, -0.25) is 9.97 Å². The summed E-state index contributed by atoms with van der Waals surface area (Å²) in [4.78, 5) is 35.8. The second kappa shape index (κ2) is 18.5. The zero-order valence-electron chi connectivity index (χ0n) is 34.2. The van der Waals surface area contributed by atoms with Gasteiger partial charge in [0.05, 0.1) is 33.9 Å². The SMILES string of the molecule is O=C(Oc1c2cccc1Cc1cc(N=Nc3ccncc3)cc(c1O)Cc1cccc(c1OC(=O)c1ccccc1)Cc1cc(N=Nc3ccncc3)cc(c1O)C2)c1ccccc1. The van der Waals surface area contributed by atoms with E-state index in [4.69, 9.17) is 9.47 Å². The number of aromatic nitrogens is 2. The van der Waals surface area contributed by atoms with Crippen molar-refractivity contribution in [2.75, 3.05) is 0 Å². The third kappa shape index (κ3) is 9.31. The average Bonchev–Trinajstić information content (AvgIpc) is 3.33. The summed E-state index contributed by atoms with van der Waals surface area (Å²) in [5.74, 6) is -0.627. The van der Waals surface area contributed by atoms with Crippen molar-refractivity contribution < 1.29 is 29.3 Å². The van der Waals surface area contributed by atoms with Gasteiger partial charge in [0, 0.05) is 72.7 Å². The molecule has 9 rings (SSSR count). The predicted octanol–water partition coefficient (Wildman–Crippen LogP) is 11.8. The predicted molar refractivity (Wildman–Crippen MR) is 240 cm³/mol. The number of hydrogen-bond acceptors (Lipinski definition) is 12. The number of ether oxygens (including phenoxy) is 2. The Bertz CT molecular complexity index is 2760. The number of phenolic OH excluding ortho intramolecular Hbond substituents is 2. The van der Waals surface area contributed by atoms with Crippen molar-refractivity contribution in [3.05, 3.63) is 226 Å². The smallest absolute Gasteiger partial charge is 0.343 e. The molecule has 1 aliphatic carbocycles. The number of para-hydroxylation sites is 2. The molecule has 0 radical (unpaired) electrons. The first kappa shape index (κ1) is 40.7. The van der Waals surface area contributed by atoms with Crippen LogP contribution in [0.25, 0.3) is 0 Å². The number of pyridine rings is 2. The van der Waals surface area contributed by atoms with E-state index in [1.54, 1.807) is 122 Å². The summed E-state index contributed by atoms with van der Waals surface area (Å²) in [6, 6.07) is 42.3.